The van der Waals surface area contributed by atoms with Crippen molar-refractivity contribution < 1.29 is 9.59 Å². The molecule has 10 heteroatoms. The Labute approximate surface area is 171 Å². The topological polar surface area (TPSA) is 122 Å². The monoisotopic (exact) mass is 410 g/mol. The van der Waals surface area contributed by atoms with Crippen LogP contribution in [0.25, 0.3) is 11.2 Å². The van der Waals surface area contributed by atoms with Crippen LogP contribution in [0.1, 0.15) is 17.8 Å². The quantitative estimate of drug-likeness (QED) is 0.594. The third kappa shape index (κ3) is 3.51. The van der Waals surface area contributed by atoms with Crippen molar-refractivity contribution in [2.75, 3.05) is 6.54 Å². The van der Waals surface area contributed by atoms with Crippen LogP contribution in [0.4, 0.5) is 0 Å². The molecule has 0 spiro atoms. The lowest BCUT2D eigenvalue weighted by atomic mass is 10.1. The number of benzene rings is 1. The minimum absolute atomic E-state index is 0.0544. The van der Waals surface area contributed by atoms with Crippen molar-refractivity contribution in [2.45, 2.75) is 19.5 Å². The summed E-state index contributed by atoms with van der Waals surface area (Å²) in [7, 11) is 2.92. The smallest absolute Gasteiger partial charge is 0.332 e. The Morgan fingerprint density at radius 3 is 2.63 bits per heavy atom. The van der Waals surface area contributed by atoms with Gasteiger partial charge in [0.1, 0.15) is 11.3 Å². The van der Waals surface area contributed by atoms with Gasteiger partial charge in [-0.15, -0.1) is 0 Å². The molecule has 2 amide bonds. The SMILES string of the molecule is Cn1c(=O)c2[nH]c(CNC(=O)C3CC(=O)N(Cc4ccccc4)C3)nc2n(C)c1=O. The molecule has 4 rings (SSSR count). The molecule has 156 valence electrons. The second-order valence-electron chi connectivity index (χ2n) is 7.47. The Morgan fingerprint density at radius 2 is 1.90 bits per heavy atom. The number of aromatic nitrogens is 4. The van der Waals surface area contributed by atoms with Gasteiger partial charge in [-0.05, 0) is 5.56 Å². The zero-order valence-corrected chi connectivity index (χ0v) is 16.7. The first-order valence-electron chi connectivity index (χ1n) is 9.59. The zero-order chi connectivity index (χ0) is 21.4. The van der Waals surface area contributed by atoms with Crippen molar-refractivity contribution in [2.24, 2.45) is 20.0 Å². The second-order valence-corrected chi connectivity index (χ2v) is 7.47. The number of nitrogens with one attached hydrogen (secondary N) is 2. The first-order chi connectivity index (χ1) is 14.3. The lowest BCUT2D eigenvalue weighted by Crippen LogP contribution is -2.36. The van der Waals surface area contributed by atoms with Crippen molar-refractivity contribution in [3.63, 3.8) is 0 Å². The van der Waals surface area contributed by atoms with Crippen molar-refractivity contribution in [3.05, 3.63) is 62.6 Å². The fourth-order valence-corrected chi connectivity index (χ4v) is 3.68. The van der Waals surface area contributed by atoms with Crippen LogP contribution in [0, 0.1) is 5.92 Å². The number of carbonyl (C=O) groups excluding carboxylic acids is 2. The van der Waals surface area contributed by atoms with Crippen LogP contribution in [0.3, 0.4) is 0 Å². The van der Waals surface area contributed by atoms with Crippen molar-refractivity contribution >= 4 is 23.0 Å². The highest BCUT2D eigenvalue weighted by Crippen LogP contribution is 2.20. The molecule has 10 nitrogen and oxygen atoms in total. The van der Waals surface area contributed by atoms with E-state index in [0.717, 1.165) is 10.1 Å². The molecule has 30 heavy (non-hydrogen) atoms. The van der Waals surface area contributed by atoms with Gasteiger partial charge in [-0.25, -0.2) is 9.78 Å². The van der Waals surface area contributed by atoms with Gasteiger partial charge in [-0.2, -0.15) is 0 Å². The van der Waals surface area contributed by atoms with E-state index in [1.54, 1.807) is 4.90 Å². The molecule has 3 aromatic rings. The molecule has 1 aliphatic rings. The number of nitrogens with zero attached hydrogens (tertiary/aromatic N) is 4. The van der Waals surface area contributed by atoms with Crippen LogP contribution >= 0.6 is 0 Å². The molecule has 2 N–H and O–H groups in total. The maximum absolute atomic E-state index is 12.6. The van der Waals surface area contributed by atoms with Crippen molar-refractivity contribution in [3.8, 4) is 0 Å². The zero-order valence-electron chi connectivity index (χ0n) is 16.7. The minimum Gasteiger partial charge on any atom is -0.349 e. The van der Waals surface area contributed by atoms with Crippen molar-refractivity contribution in [1.82, 2.24) is 29.3 Å². The van der Waals surface area contributed by atoms with Crippen molar-refractivity contribution in [1.29, 1.82) is 0 Å². The number of H-pyrrole nitrogens is 1. The molecule has 0 bridgehead atoms. The van der Waals surface area contributed by atoms with E-state index in [9.17, 15) is 19.2 Å². The molecule has 1 aromatic carbocycles. The van der Waals surface area contributed by atoms with Gasteiger partial charge in [0.05, 0.1) is 12.5 Å². The van der Waals surface area contributed by atoms with Crippen LogP contribution in [-0.2, 0) is 36.8 Å². The summed E-state index contributed by atoms with van der Waals surface area (Å²) in [6.45, 7) is 0.896. The Bertz CT molecular complexity index is 1240. The summed E-state index contributed by atoms with van der Waals surface area (Å²) in [5.41, 5.74) is 0.501. The van der Waals surface area contributed by atoms with Gasteiger partial charge < -0.3 is 15.2 Å². The van der Waals surface area contributed by atoms with E-state index in [1.165, 1.54) is 18.7 Å². The molecule has 2 aromatic heterocycles. The maximum Gasteiger partial charge on any atom is 0.332 e. The molecule has 1 saturated heterocycles. The van der Waals surface area contributed by atoms with Gasteiger partial charge in [-0.3, -0.25) is 23.5 Å². The summed E-state index contributed by atoms with van der Waals surface area (Å²) < 4.78 is 2.27. The van der Waals surface area contributed by atoms with Gasteiger partial charge in [0, 0.05) is 33.6 Å². The highest BCUT2D eigenvalue weighted by Gasteiger charge is 2.34. The normalized spacial score (nSPS) is 16.4. The molecule has 1 aliphatic heterocycles. The summed E-state index contributed by atoms with van der Waals surface area (Å²) >= 11 is 0. The number of rotatable bonds is 5. The number of amides is 2. The van der Waals surface area contributed by atoms with Gasteiger partial charge in [0.15, 0.2) is 5.65 Å². The molecule has 3 heterocycles. The van der Waals surface area contributed by atoms with Crippen LogP contribution < -0.4 is 16.6 Å². The maximum atomic E-state index is 12.6. The predicted octanol–water partition coefficient (Wildman–Crippen LogP) is -0.375. The fourth-order valence-electron chi connectivity index (χ4n) is 3.68. The second kappa shape index (κ2) is 7.62. The largest absolute Gasteiger partial charge is 0.349 e. The van der Waals surface area contributed by atoms with Crippen LogP contribution in [0.5, 0.6) is 0 Å². The van der Waals surface area contributed by atoms with E-state index in [1.807, 2.05) is 30.3 Å². The number of aromatic amines is 1. The predicted molar refractivity (Wildman–Crippen MR) is 108 cm³/mol. The van der Waals surface area contributed by atoms with Gasteiger partial charge >= 0.3 is 5.69 Å². The molecule has 1 atom stereocenters. The Morgan fingerprint density at radius 1 is 1.17 bits per heavy atom. The standard InChI is InChI=1S/C20H22N6O4/c1-24-17-16(19(29)25(2)20(24)30)22-14(23-17)9-21-18(28)13-8-15(27)26(11-13)10-12-6-4-3-5-7-12/h3-7,13H,8-11H2,1-2H3,(H,21,28)(H,22,23). The minimum atomic E-state index is -0.476. The Hall–Kier alpha value is -3.69. The first kappa shape index (κ1) is 19.6. The summed E-state index contributed by atoms with van der Waals surface area (Å²) in [5.74, 6) is -0.382. The lowest BCUT2D eigenvalue weighted by Gasteiger charge is -2.16. The average molecular weight is 410 g/mol. The molecule has 0 radical (unpaired) electrons. The number of hydrogen-bond acceptors (Lipinski definition) is 5. The number of imidazole rings is 1. The lowest BCUT2D eigenvalue weighted by molar-refractivity contribution is -0.129. The molecule has 1 unspecified atom stereocenters. The van der Waals surface area contributed by atoms with E-state index < -0.39 is 17.2 Å². The highest BCUT2D eigenvalue weighted by molar-refractivity contribution is 5.89. The molecule has 0 aliphatic carbocycles. The summed E-state index contributed by atoms with van der Waals surface area (Å²) in [5, 5.41) is 2.77. The van der Waals surface area contributed by atoms with E-state index in [2.05, 4.69) is 15.3 Å². The van der Waals surface area contributed by atoms with Crippen LogP contribution in [-0.4, -0.2) is 42.4 Å². The van der Waals surface area contributed by atoms with E-state index >= 15 is 0 Å². The van der Waals surface area contributed by atoms with Gasteiger partial charge in [-0.1, -0.05) is 30.3 Å². The van der Waals surface area contributed by atoms with Crippen LogP contribution in [0.15, 0.2) is 39.9 Å². The van der Waals surface area contributed by atoms with Gasteiger partial charge in [0.25, 0.3) is 5.56 Å². The van der Waals surface area contributed by atoms with Gasteiger partial charge in [0.2, 0.25) is 11.8 Å². The van der Waals surface area contributed by atoms with E-state index in [0.29, 0.717) is 18.9 Å². The third-order valence-corrected chi connectivity index (χ3v) is 5.38. The molecule has 1 fully saturated rings. The Balaban J connectivity index is 1.42. The Kier molecular flexibility index (Phi) is 4.98. The number of fused-ring (bicyclic) bond motifs is 1. The molecular weight excluding hydrogens is 388 g/mol. The fraction of sp³-hybridized carbons (Fsp3) is 0.350. The summed E-state index contributed by atoms with van der Waals surface area (Å²) in [4.78, 5) is 57.9. The van der Waals surface area contributed by atoms with E-state index in [-0.39, 0.29) is 35.9 Å². The average Bonchev–Trinajstić information content (AvgIpc) is 3.34. The first-order valence-corrected chi connectivity index (χ1v) is 9.59. The highest BCUT2D eigenvalue weighted by atomic mass is 16.2. The van der Waals surface area contributed by atoms with E-state index in [4.69, 9.17) is 0 Å². The molecule has 0 saturated carbocycles. The summed E-state index contributed by atoms with van der Waals surface area (Å²) in [6, 6.07) is 9.63. The number of carbonyl (C=O) groups is 2. The summed E-state index contributed by atoms with van der Waals surface area (Å²) in [6.07, 6.45) is 0.161. The third-order valence-electron chi connectivity index (χ3n) is 5.38. The number of likely N-dealkylation sites (tertiary alicyclic amines) is 1. The van der Waals surface area contributed by atoms with Crippen LogP contribution in [0.2, 0.25) is 0 Å². The number of hydrogen-bond donors (Lipinski definition) is 2. The number of aryl methyl sites for hydroxylation is 1. The molecular formula is C20H22N6O4.